The Labute approximate surface area is 288 Å². The summed E-state index contributed by atoms with van der Waals surface area (Å²) in [6.07, 6.45) is 46.4. The standard InChI is InChI=1S/C42H82O4/c1-3-5-7-9-11-13-15-17-19-21-23-25-27-29-31-33-35-37-41(43)45-39-40-46-42(44)38-36-34-32-30-28-26-24-22-20-18-16-14-12-10-8-6-4-2/h3-40H2,1-2H3. The smallest absolute Gasteiger partial charge is 0.305 e. The van der Waals surface area contributed by atoms with Crippen LogP contribution in [-0.2, 0) is 19.1 Å². The Morgan fingerprint density at radius 1 is 0.283 bits per heavy atom. The van der Waals surface area contributed by atoms with Crippen LogP contribution >= 0.6 is 0 Å². The summed E-state index contributed by atoms with van der Waals surface area (Å²) < 4.78 is 10.5. The zero-order chi connectivity index (χ0) is 33.4. The molecule has 0 bridgehead atoms. The molecule has 0 saturated heterocycles. The maximum atomic E-state index is 11.9. The molecular formula is C42H82O4. The number of carbonyl (C=O) groups excluding carboxylic acids is 2. The molecule has 0 aliphatic carbocycles. The molecule has 0 saturated carbocycles. The molecule has 0 amide bonds. The van der Waals surface area contributed by atoms with Gasteiger partial charge in [0.05, 0.1) is 0 Å². The zero-order valence-corrected chi connectivity index (χ0v) is 31.5. The van der Waals surface area contributed by atoms with Crippen LogP contribution in [0.3, 0.4) is 0 Å². The van der Waals surface area contributed by atoms with E-state index in [9.17, 15) is 9.59 Å². The Morgan fingerprint density at radius 2 is 0.457 bits per heavy atom. The van der Waals surface area contributed by atoms with Crippen molar-refractivity contribution in [2.75, 3.05) is 13.2 Å². The Kier molecular flexibility index (Phi) is 39.2. The molecule has 0 aromatic carbocycles. The van der Waals surface area contributed by atoms with E-state index in [0.717, 1.165) is 25.7 Å². The van der Waals surface area contributed by atoms with Crippen LogP contribution in [0.4, 0.5) is 0 Å². The first-order valence-corrected chi connectivity index (χ1v) is 21.0. The summed E-state index contributed by atoms with van der Waals surface area (Å²) in [7, 11) is 0. The van der Waals surface area contributed by atoms with Gasteiger partial charge >= 0.3 is 11.9 Å². The summed E-state index contributed by atoms with van der Waals surface area (Å²) in [6.45, 7) is 4.93. The van der Waals surface area contributed by atoms with E-state index in [1.165, 1.54) is 193 Å². The van der Waals surface area contributed by atoms with Gasteiger partial charge in [-0.25, -0.2) is 0 Å². The molecular weight excluding hydrogens is 568 g/mol. The lowest BCUT2D eigenvalue weighted by Crippen LogP contribution is -2.13. The highest BCUT2D eigenvalue weighted by molar-refractivity contribution is 5.70. The van der Waals surface area contributed by atoms with Gasteiger partial charge in [0, 0.05) is 12.8 Å². The summed E-state index contributed by atoms with van der Waals surface area (Å²) in [5.74, 6) is -0.324. The van der Waals surface area contributed by atoms with Crippen molar-refractivity contribution in [2.45, 2.75) is 245 Å². The molecule has 0 aliphatic heterocycles. The van der Waals surface area contributed by atoms with Crippen LogP contribution in [0.15, 0.2) is 0 Å². The Hall–Kier alpha value is -1.06. The summed E-state index contributed by atoms with van der Waals surface area (Å²) in [5.41, 5.74) is 0. The number of esters is 2. The summed E-state index contributed by atoms with van der Waals surface area (Å²) in [4.78, 5) is 23.9. The molecule has 0 aliphatic rings. The lowest BCUT2D eigenvalue weighted by atomic mass is 10.0. The fraction of sp³-hybridized carbons (Fsp3) is 0.952. The monoisotopic (exact) mass is 651 g/mol. The third-order valence-corrected chi connectivity index (χ3v) is 9.58. The Morgan fingerprint density at radius 3 is 0.652 bits per heavy atom. The van der Waals surface area contributed by atoms with Crippen LogP contribution in [0.25, 0.3) is 0 Å². The van der Waals surface area contributed by atoms with Crippen molar-refractivity contribution < 1.29 is 19.1 Å². The van der Waals surface area contributed by atoms with Gasteiger partial charge < -0.3 is 9.47 Å². The van der Waals surface area contributed by atoms with Crippen LogP contribution in [-0.4, -0.2) is 25.2 Å². The molecule has 0 N–H and O–H groups in total. The molecule has 4 heteroatoms. The molecule has 0 spiro atoms. The maximum Gasteiger partial charge on any atom is 0.305 e. The lowest BCUT2D eigenvalue weighted by Gasteiger charge is -2.07. The van der Waals surface area contributed by atoms with Crippen molar-refractivity contribution in [3.8, 4) is 0 Å². The third kappa shape index (κ3) is 39.1. The highest BCUT2D eigenvalue weighted by Crippen LogP contribution is 2.16. The number of hydrogen-bond acceptors (Lipinski definition) is 4. The minimum atomic E-state index is -0.162. The Balaban J connectivity index is 3.25. The largest absolute Gasteiger partial charge is 0.462 e. The van der Waals surface area contributed by atoms with Crippen molar-refractivity contribution in [2.24, 2.45) is 0 Å². The number of ether oxygens (including phenoxy) is 2. The van der Waals surface area contributed by atoms with Crippen LogP contribution in [0, 0.1) is 0 Å². The second kappa shape index (κ2) is 40.1. The van der Waals surface area contributed by atoms with Crippen molar-refractivity contribution in [1.29, 1.82) is 0 Å². The van der Waals surface area contributed by atoms with Crippen LogP contribution in [0.5, 0.6) is 0 Å². The van der Waals surface area contributed by atoms with Gasteiger partial charge in [0.2, 0.25) is 0 Å². The van der Waals surface area contributed by atoms with E-state index >= 15 is 0 Å². The molecule has 4 nitrogen and oxygen atoms in total. The lowest BCUT2D eigenvalue weighted by molar-refractivity contribution is -0.152. The SMILES string of the molecule is CCCCCCCCCCCCCCCCCCCC(=O)OCCOC(=O)CCCCCCCCCCCCCCCCCCC. The van der Waals surface area contributed by atoms with Crippen LogP contribution in [0.1, 0.15) is 245 Å². The predicted octanol–water partition coefficient (Wildman–Crippen LogP) is 14.2. The van der Waals surface area contributed by atoms with Gasteiger partial charge in [-0.2, -0.15) is 0 Å². The number of rotatable bonds is 39. The van der Waals surface area contributed by atoms with Gasteiger partial charge in [0.1, 0.15) is 13.2 Å². The van der Waals surface area contributed by atoms with Crippen molar-refractivity contribution in [3.63, 3.8) is 0 Å². The molecule has 0 fully saturated rings. The maximum absolute atomic E-state index is 11.9. The first kappa shape index (κ1) is 44.9. The van der Waals surface area contributed by atoms with Crippen molar-refractivity contribution in [1.82, 2.24) is 0 Å². The van der Waals surface area contributed by atoms with Crippen molar-refractivity contribution >= 4 is 11.9 Å². The summed E-state index contributed by atoms with van der Waals surface area (Å²) in [5, 5.41) is 0. The number of unbranched alkanes of at least 4 members (excludes halogenated alkanes) is 32. The molecule has 0 unspecified atom stereocenters. The predicted molar refractivity (Wildman–Crippen MR) is 199 cm³/mol. The second-order valence-electron chi connectivity index (χ2n) is 14.3. The van der Waals surface area contributed by atoms with Gasteiger partial charge in [0.25, 0.3) is 0 Å². The minimum absolute atomic E-state index is 0.162. The van der Waals surface area contributed by atoms with Gasteiger partial charge in [0.15, 0.2) is 0 Å². The average Bonchev–Trinajstić information content (AvgIpc) is 3.06. The summed E-state index contributed by atoms with van der Waals surface area (Å²) in [6, 6.07) is 0. The second-order valence-corrected chi connectivity index (χ2v) is 14.3. The molecule has 0 heterocycles. The van der Waals surface area contributed by atoms with E-state index in [4.69, 9.17) is 9.47 Å². The van der Waals surface area contributed by atoms with Gasteiger partial charge in [-0.15, -0.1) is 0 Å². The van der Waals surface area contributed by atoms with Gasteiger partial charge in [-0.1, -0.05) is 219 Å². The van der Waals surface area contributed by atoms with Crippen LogP contribution < -0.4 is 0 Å². The van der Waals surface area contributed by atoms with Gasteiger partial charge in [-0.3, -0.25) is 9.59 Å². The highest BCUT2D eigenvalue weighted by Gasteiger charge is 2.06. The fourth-order valence-corrected chi connectivity index (χ4v) is 6.44. The molecule has 0 rings (SSSR count). The zero-order valence-electron chi connectivity index (χ0n) is 31.5. The molecule has 0 atom stereocenters. The fourth-order valence-electron chi connectivity index (χ4n) is 6.44. The molecule has 46 heavy (non-hydrogen) atoms. The van der Waals surface area contributed by atoms with E-state index in [2.05, 4.69) is 13.8 Å². The summed E-state index contributed by atoms with van der Waals surface area (Å²) >= 11 is 0. The Bertz CT molecular complexity index is 552. The topological polar surface area (TPSA) is 52.6 Å². The van der Waals surface area contributed by atoms with E-state index in [0.29, 0.717) is 12.8 Å². The van der Waals surface area contributed by atoms with Gasteiger partial charge in [-0.05, 0) is 12.8 Å². The molecule has 274 valence electrons. The van der Waals surface area contributed by atoms with E-state index in [1.54, 1.807) is 0 Å². The minimum Gasteiger partial charge on any atom is -0.462 e. The van der Waals surface area contributed by atoms with E-state index in [-0.39, 0.29) is 25.2 Å². The average molecular weight is 651 g/mol. The normalized spacial score (nSPS) is 11.3. The quantitative estimate of drug-likeness (QED) is 0.0490. The number of hydrogen-bond donors (Lipinski definition) is 0. The van der Waals surface area contributed by atoms with Crippen LogP contribution in [0.2, 0.25) is 0 Å². The molecule has 0 radical (unpaired) electrons. The first-order valence-electron chi connectivity index (χ1n) is 21.0. The first-order chi connectivity index (χ1) is 22.7. The highest BCUT2D eigenvalue weighted by atomic mass is 16.6. The molecule has 0 aromatic rings. The van der Waals surface area contributed by atoms with E-state index in [1.807, 2.05) is 0 Å². The van der Waals surface area contributed by atoms with E-state index < -0.39 is 0 Å². The van der Waals surface area contributed by atoms with Crippen molar-refractivity contribution in [3.05, 3.63) is 0 Å². The third-order valence-electron chi connectivity index (χ3n) is 9.58. The molecule has 0 aromatic heterocycles. The number of carbonyl (C=O) groups is 2.